The van der Waals surface area contributed by atoms with Crippen molar-refractivity contribution in [3.63, 3.8) is 0 Å². The monoisotopic (exact) mass is 630 g/mol. The number of halogens is 4. The molecular formula is C32H26F4N8O2. The third kappa shape index (κ3) is 6.04. The van der Waals surface area contributed by atoms with Crippen LogP contribution in [0.2, 0.25) is 0 Å². The average Bonchev–Trinajstić information content (AvgIpc) is 3.67. The molecule has 14 heteroatoms. The summed E-state index contributed by atoms with van der Waals surface area (Å²) >= 11 is 0. The van der Waals surface area contributed by atoms with Gasteiger partial charge in [0.25, 0.3) is 0 Å². The molecule has 0 spiro atoms. The summed E-state index contributed by atoms with van der Waals surface area (Å²) in [6, 6.07) is 21.8. The van der Waals surface area contributed by atoms with Gasteiger partial charge in [-0.25, -0.2) is 9.97 Å². The van der Waals surface area contributed by atoms with Crippen LogP contribution in [0.25, 0.3) is 44.8 Å². The third-order valence-electron chi connectivity index (χ3n) is 7.22. The summed E-state index contributed by atoms with van der Waals surface area (Å²) in [5.74, 6) is -8.36. The predicted octanol–water partition coefficient (Wildman–Crippen LogP) is 6.07. The van der Waals surface area contributed by atoms with Crippen molar-refractivity contribution in [2.45, 2.75) is 11.8 Å². The van der Waals surface area contributed by atoms with E-state index in [0.29, 0.717) is 56.0 Å². The summed E-state index contributed by atoms with van der Waals surface area (Å²) in [5, 5.41) is 15.1. The second-order valence-corrected chi connectivity index (χ2v) is 10.5. The Labute approximate surface area is 258 Å². The highest BCUT2D eigenvalue weighted by molar-refractivity contribution is 5.99. The first-order chi connectivity index (χ1) is 21.9. The van der Waals surface area contributed by atoms with Gasteiger partial charge < -0.3 is 30.9 Å². The van der Waals surface area contributed by atoms with Crippen LogP contribution in [0.3, 0.4) is 0 Å². The largest absolute Gasteiger partial charge is 0.487 e. The zero-order chi connectivity index (χ0) is 32.6. The number of ether oxygens (including phenoxy) is 2. The molecule has 0 aliphatic carbocycles. The number of nitrogens with two attached hydrogens (primary N) is 2. The molecule has 4 aromatic carbocycles. The Bertz CT molecular complexity index is 1920. The summed E-state index contributed by atoms with van der Waals surface area (Å²) in [4.78, 5) is 15.1. The smallest absolute Gasteiger partial charge is 0.346 e. The lowest BCUT2D eigenvalue weighted by molar-refractivity contribution is -0.232. The molecule has 0 bridgehead atoms. The fourth-order valence-corrected chi connectivity index (χ4v) is 4.60. The minimum Gasteiger partial charge on any atom is -0.487 e. The number of imidazole rings is 2. The van der Waals surface area contributed by atoms with Gasteiger partial charge in [-0.15, -0.1) is 0 Å². The number of nitrogens with zero attached hydrogens (tertiary/aromatic N) is 2. The van der Waals surface area contributed by atoms with Crippen molar-refractivity contribution in [3.8, 4) is 34.3 Å². The average molecular weight is 631 g/mol. The topological polar surface area (TPSA) is 176 Å². The molecule has 0 radical (unpaired) electrons. The van der Waals surface area contributed by atoms with E-state index in [4.69, 9.17) is 31.8 Å². The zero-order valence-corrected chi connectivity index (χ0v) is 23.9. The number of nitrogen functional groups attached to an aromatic ring is 2. The van der Waals surface area contributed by atoms with Gasteiger partial charge in [0.2, 0.25) is 0 Å². The highest BCUT2D eigenvalue weighted by atomic mass is 19.3. The lowest BCUT2D eigenvalue weighted by Gasteiger charge is -2.26. The molecule has 2 heterocycles. The first-order valence-electron chi connectivity index (χ1n) is 13.8. The van der Waals surface area contributed by atoms with Gasteiger partial charge in [0.15, 0.2) is 13.2 Å². The van der Waals surface area contributed by atoms with E-state index >= 15 is 0 Å². The van der Waals surface area contributed by atoms with E-state index in [1.165, 1.54) is 24.3 Å². The lowest BCUT2D eigenvalue weighted by Crippen LogP contribution is -2.49. The van der Waals surface area contributed by atoms with Crippen molar-refractivity contribution in [2.75, 3.05) is 13.2 Å². The van der Waals surface area contributed by atoms with Crippen LogP contribution in [0, 0.1) is 10.8 Å². The molecule has 0 fully saturated rings. The lowest BCUT2D eigenvalue weighted by atomic mass is 10.2. The van der Waals surface area contributed by atoms with Crippen LogP contribution >= 0.6 is 0 Å². The Balaban J connectivity index is 1.05. The number of benzene rings is 4. The van der Waals surface area contributed by atoms with Crippen molar-refractivity contribution in [1.29, 1.82) is 10.8 Å². The van der Waals surface area contributed by atoms with Gasteiger partial charge in [0, 0.05) is 22.3 Å². The Morgan fingerprint density at radius 2 is 0.978 bits per heavy atom. The number of aromatic nitrogens is 4. The molecule has 0 unspecified atom stereocenters. The maximum Gasteiger partial charge on any atom is 0.346 e. The molecule has 0 saturated carbocycles. The van der Waals surface area contributed by atoms with E-state index in [9.17, 15) is 17.6 Å². The number of alkyl halides is 4. The van der Waals surface area contributed by atoms with Crippen molar-refractivity contribution in [1.82, 2.24) is 19.9 Å². The number of aromatic amines is 2. The molecule has 0 aliphatic rings. The van der Waals surface area contributed by atoms with Crippen LogP contribution in [0.4, 0.5) is 17.6 Å². The molecule has 234 valence electrons. The number of rotatable bonds is 11. The van der Waals surface area contributed by atoms with Gasteiger partial charge in [-0.05, 0) is 84.9 Å². The highest BCUT2D eigenvalue weighted by Crippen LogP contribution is 2.36. The second kappa shape index (κ2) is 11.5. The molecule has 10 nitrogen and oxygen atoms in total. The van der Waals surface area contributed by atoms with Gasteiger partial charge >= 0.3 is 11.8 Å². The standard InChI is InChI=1S/C32H26F4N8O2/c33-31(34,15-45-21-7-1-17(2-8-21)29-41-23-11-5-19(27(37)38)13-25(23)43-29)32(35,36)16-46-22-9-3-18(4-10-22)30-42-24-12-6-20(28(39)40)14-26(24)44-30/h1-14H,15-16H2,(H3,37,38)(H3,39,40)(H,41,43)(H,42,44). The quantitative estimate of drug-likeness (QED) is 0.0575. The van der Waals surface area contributed by atoms with E-state index in [1.807, 2.05) is 0 Å². The zero-order valence-electron chi connectivity index (χ0n) is 23.9. The Kier molecular flexibility index (Phi) is 7.56. The van der Waals surface area contributed by atoms with Crippen LogP contribution in [-0.4, -0.2) is 56.7 Å². The van der Waals surface area contributed by atoms with Gasteiger partial charge in [-0.3, -0.25) is 10.8 Å². The molecule has 8 N–H and O–H groups in total. The third-order valence-corrected chi connectivity index (χ3v) is 7.22. The molecule has 6 aromatic rings. The SMILES string of the molecule is N=C(N)c1ccc2nc(-c3ccc(OCC(F)(F)C(F)(F)COc4ccc(-c5nc6ccc(C(=N)N)cc6[nH]5)cc4)cc3)[nH]c2c1. The van der Waals surface area contributed by atoms with Crippen molar-refractivity contribution in [2.24, 2.45) is 11.5 Å². The van der Waals surface area contributed by atoms with E-state index in [2.05, 4.69) is 19.9 Å². The van der Waals surface area contributed by atoms with Crippen molar-refractivity contribution < 1.29 is 27.0 Å². The van der Waals surface area contributed by atoms with E-state index in [0.717, 1.165) is 0 Å². The van der Waals surface area contributed by atoms with Crippen LogP contribution < -0.4 is 20.9 Å². The fraction of sp³-hybridized carbons (Fsp3) is 0.125. The number of nitrogens with one attached hydrogen (secondary N) is 4. The molecule has 0 saturated heterocycles. The van der Waals surface area contributed by atoms with Crippen LogP contribution in [-0.2, 0) is 0 Å². The van der Waals surface area contributed by atoms with Gasteiger partial charge in [0.05, 0.1) is 22.1 Å². The predicted molar refractivity (Wildman–Crippen MR) is 166 cm³/mol. The minimum absolute atomic E-state index is 0.0335. The molecule has 0 amide bonds. The van der Waals surface area contributed by atoms with E-state index in [-0.39, 0.29) is 23.2 Å². The molecule has 2 aromatic heterocycles. The maximum atomic E-state index is 14.6. The first kappa shape index (κ1) is 30.1. The molecule has 0 atom stereocenters. The van der Waals surface area contributed by atoms with Crippen molar-refractivity contribution >= 4 is 33.7 Å². The number of amidine groups is 2. The number of hydrogen-bond donors (Lipinski definition) is 6. The van der Waals surface area contributed by atoms with E-state index < -0.39 is 25.1 Å². The van der Waals surface area contributed by atoms with E-state index in [1.54, 1.807) is 60.7 Å². The summed E-state index contributed by atoms with van der Waals surface area (Å²) < 4.78 is 68.4. The Hall–Kier alpha value is -5.92. The Morgan fingerprint density at radius 3 is 1.33 bits per heavy atom. The number of hydrogen-bond acceptors (Lipinski definition) is 6. The molecule has 6 rings (SSSR count). The van der Waals surface area contributed by atoms with Crippen LogP contribution in [0.1, 0.15) is 11.1 Å². The second-order valence-electron chi connectivity index (χ2n) is 10.5. The minimum atomic E-state index is -4.54. The fourth-order valence-electron chi connectivity index (χ4n) is 4.60. The Morgan fingerprint density at radius 1 is 0.609 bits per heavy atom. The molecule has 46 heavy (non-hydrogen) atoms. The summed E-state index contributed by atoms with van der Waals surface area (Å²) in [6.07, 6.45) is 0. The van der Waals surface area contributed by atoms with Crippen molar-refractivity contribution in [3.05, 3.63) is 96.1 Å². The summed E-state index contributed by atoms with van der Waals surface area (Å²) in [6.45, 7) is -3.14. The summed E-state index contributed by atoms with van der Waals surface area (Å²) in [5.41, 5.74) is 15.9. The first-order valence-corrected chi connectivity index (χ1v) is 13.8. The molecule has 0 aliphatic heterocycles. The van der Waals surface area contributed by atoms with Gasteiger partial charge in [-0.2, -0.15) is 17.6 Å². The van der Waals surface area contributed by atoms with Gasteiger partial charge in [0.1, 0.15) is 34.8 Å². The summed E-state index contributed by atoms with van der Waals surface area (Å²) in [7, 11) is 0. The maximum absolute atomic E-state index is 14.6. The van der Waals surface area contributed by atoms with Crippen LogP contribution in [0.15, 0.2) is 84.9 Å². The number of H-pyrrole nitrogens is 2. The van der Waals surface area contributed by atoms with Gasteiger partial charge in [-0.1, -0.05) is 0 Å². The normalized spacial score (nSPS) is 12.0. The molecular weight excluding hydrogens is 604 g/mol. The van der Waals surface area contributed by atoms with Crippen LogP contribution in [0.5, 0.6) is 11.5 Å². The number of fused-ring (bicyclic) bond motifs is 2. The highest BCUT2D eigenvalue weighted by Gasteiger charge is 2.57.